The lowest BCUT2D eigenvalue weighted by Gasteiger charge is -2.59. The summed E-state index contributed by atoms with van der Waals surface area (Å²) in [7, 11) is 0. The van der Waals surface area contributed by atoms with E-state index in [1.165, 1.54) is 49.8 Å². The molecule has 1 spiro atoms. The van der Waals surface area contributed by atoms with Crippen LogP contribution in [-0.2, 0) is 14.3 Å². The third-order valence-corrected chi connectivity index (χ3v) is 11.2. The lowest BCUT2D eigenvalue weighted by Crippen LogP contribution is -2.58. The molecule has 4 saturated carbocycles. The molecule has 1 unspecified atom stereocenters. The number of fused-ring (bicyclic) bond motifs is 4. The molecule has 5 heteroatoms. The van der Waals surface area contributed by atoms with Crippen molar-refractivity contribution in [2.24, 2.45) is 33.7 Å². The Bertz CT molecular complexity index is 1040. The number of hydrazone groups is 1. The average Bonchev–Trinajstić information content (AvgIpc) is 3.72. The van der Waals surface area contributed by atoms with Crippen molar-refractivity contribution >= 4 is 11.7 Å². The van der Waals surface area contributed by atoms with Crippen LogP contribution < -0.4 is 0 Å². The standard InChI is InChI=1S/C29H38N2O3/c1-18(32)33-25-10-9-21-20-11-16-29-26(34-29)23(30-31-17-24(31)19-7-5-4-6-8-19)13-15-28(29,3)22(20)12-14-27(21,25)2/h4-8,20-22,24-26H,9-17H2,1-3H3/b30-23-/t20-,21-,22-,24?,25-,26+,27-,28+,29+,31?/m0/s1. The van der Waals surface area contributed by atoms with E-state index in [-0.39, 0.29) is 34.6 Å². The molecular formula is C29H38N2O3. The number of hydrogen-bond acceptors (Lipinski definition) is 5. The third-order valence-electron chi connectivity index (χ3n) is 11.2. The van der Waals surface area contributed by atoms with Gasteiger partial charge in [-0.3, -0.25) is 9.80 Å². The maximum absolute atomic E-state index is 11.7. The minimum atomic E-state index is -0.113. The largest absolute Gasteiger partial charge is 0.462 e. The summed E-state index contributed by atoms with van der Waals surface area (Å²) < 4.78 is 12.5. The summed E-state index contributed by atoms with van der Waals surface area (Å²) >= 11 is 0. The molecule has 5 nitrogen and oxygen atoms in total. The summed E-state index contributed by atoms with van der Waals surface area (Å²) in [5, 5.41) is 7.39. The van der Waals surface area contributed by atoms with E-state index >= 15 is 0 Å². The molecule has 0 aromatic heterocycles. The zero-order valence-corrected chi connectivity index (χ0v) is 20.8. The van der Waals surface area contributed by atoms with Gasteiger partial charge in [0.2, 0.25) is 0 Å². The van der Waals surface area contributed by atoms with Crippen molar-refractivity contribution in [3.63, 3.8) is 0 Å². The Morgan fingerprint density at radius 3 is 2.68 bits per heavy atom. The second kappa shape index (κ2) is 7.09. The van der Waals surface area contributed by atoms with Crippen molar-refractivity contribution in [1.29, 1.82) is 0 Å². The molecule has 2 heterocycles. The highest BCUT2D eigenvalue weighted by molar-refractivity contribution is 5.93. The second-order valence-electron chi connectivity index (χ2n) is 12.6. The molecule has 1 aromatic carbocycles. The highest BCUT2D eigenvalue weighted by Gasteiger charge is 2.76. The quantitative estimate of drug-likeness (QED) is 0.439. The zero-order chi connectivity index (χ0) is 23.3. The van der Waals surface area contributed by atoms with Crippen LogP contribution in [0.15, 0.2) is 35.4 Å². The molecule has 2 aliphatic heterocycles. The van der Waals surface area contributed by atoms with Gasteiger partial charge in [0.05, 0.1) is 18.3 Å². The maximum Gasteiger partial charge on any atom is 0.302 e. The van der Waals surface area contributed by atoms with E-state index in [0.717, 1.165) is 31.2 Å². The number of hydrogen-bond donors (Lipinski definition) is 0. The molecule has 0 amide bonds. The lowest BCUT2D eigenvalue weighted by atomic mass is 9.45. The molecule has 2 saturated heterocycles. The Morgan fingerprint density at radius 1 is 1.06 bits per heavy atom. The smallest absolute Gasteiger partial charge is 0.302 e. The van der Waals surface area contributed by atoms with Gasteiger partial charge in [-0.1, -0.05) is 44.2 Å². The van der Waals surface area contributed by atoms with E-state index in [0.29, 0.717) is 12.0 Å². The summed E-state index contributed by atoms with van der Waals surface area (Å²) in [6.07, 6.45) is 9.72. The first kappa shape index (κ1) is 21.4. The number of esters is 1. The third kappa shape index (κ3) is 2.82. The fourth-order valence-corrected chi connectivity index (χ4v) is 9.32. The summed E-state index contributed by atoms with van der Waals surface area (Å²) in [5.74, 6) is 2.03. The molecule has 182 valence electrons. The van der Waals surface area contributed by atoms with Crippen LogP contribution in [0.1, 0.15) is 83.7 Å². The molecule has 34 heavy (non-hydrogen) atoms. The maximum atomic E-state index is 11.7. The molecule has 9 atom stereocenters. The Hall–Kier alpha value is -1.88. The van der Waals surface area contributed by atoms with Gasteiger partial charge in [0.1, 0.15) is 17.8 Å². The van der Waals surface area contributed by atoms with Gasteiger partial charge in [0, 0.05) is 17.8 Å². The number of benzene rings is 1. The number of carbonyl (C=O) groups excluding carboxylic acids is 1. The monoisotopic (exact) mass is 462 g/mol. The summed E-state index contributed by atoms with van der Waals surface area (Å²) in [5.41, 5.74) is 3.09. The van der Waals surface area contributed by atoms with Crippen LogP contribution in [0.3, 0.4) is 0 Å². The van der Waals surface area contributed by atoms with Crippen molar-refractivity contribution in [1.82, 2.24) is 5.01 Å². The van der Waals surface area contributed by atoms with Crippen molar-refractivity contribution in [3.8, 4) is 0 Å². The Balaban J connectivity index is 1.09. The van der Waals surface area contributed by atoms with Crippen molar-refractivity contribution in [2.75, 3.05) is 6.54 Å². The van der Waals surface area contributed by atoms with Crippen LogP contribution in [0.2, 0.25) is 0 Å². The van der Waals surface area contributed by atoms with Gasteiger partial charge >= 0.3 is 5.97 Å². The van der Waals surface area contributed by atoms with Crippen LogP contribution >= 0.6 is 0 Å². The summed E-state index contributed by atoms with van der Waals surface area (Å²) in [6, 6.07) is 11.2. The number of rotatable bonds is 3. The molecule has 6 aliphatic rings. The lowest BCUT2D eigenvalue weighted by molar-refractivity contribution is -0.160. The van der Waals surface area contributed by atoms with Gasteiger partial charge in [-0.15, -0.1) is 0 Å². The Labute approximate surface area is 203 Å². The fraction of sp³-hybridized carbons (Fsp3) is 0.724. The van der Waals surface area contributed by atoms with Crippen molar-refractivity contribution < 1.29 is 14.3 Å². The number of carbonyl (C=O) groups is 1. The minimum absolute atomic E-state index is 0.0190. The molecule has 0 bridgehead atoms. The van der Waals surface area contributed by atoms with E-state index in [1.807, 2.05) is 0 Å². The minimum Gasteiger partial charge on any atom is -0.462 e. The van der Waals surface area contributed by atoms with Crippen LogP contribution in [0.25, 0.3) is 0 Å². The normalized spacial score (nSPS) is 49.5. The fourth-order valence-electron chi connectivity index (χ4n) is 9.32. The number of epoxide rings is 1. The first-order valence-corrected chi connectivity index (χ1v) is 13.6. The van der Waals surface area contributed by atoms with E-state index in [4.69, 9.17) is 14.6 Å². The highest BCUT2D eigenvalue weighted by atomic mass is 16.6. The molecule has 0 N–H and O–H groups in total. The van der Waals surface area contributed by atoms with Gasteiger partial charge in [-0.2, -0.15) is 5.10 Å². The Morgan fingerprint density at radius 2 is 1.88 bits per heavy atom. The first-order chi connectivity index (χ1) is 16.4. The van der Waals surface area contributed by atoms with Crippen LogP contribution in [0.4, 0.5) is 0 Å². The van der Waals surface area contributed by atoms with Crippen LogP contribution in [-0.4, -0.2) is 41.0 Å². The predicted molar refractivity (Wildman–Crippen MR) is 130 cm³/mol. The van der Waals surface area contributed by atoms with E-state index in [9.17, 15) is 4.79 Å². The van der Waals surface area contributed by atoms with Crippen LogP contribution in [0.5, 0.6) is 0 Å². The van der Waals surface area contributed by atoms with E-state index in [2.05, 4.69) is 49.2 Å². The van der Waals surface area contributed by atoms with E-state index < -0.39 is 0 Å². The molecule has 4 aliphatic carbocycles. The predicted octanol–water partition coefficient (Wildman–Crippen LogP) is 5.51. The zero-order valence-electron chi connectivity index (χ0n) is 20.8. The first-order valence-electron chi connectivity index (χ1n) is 13.6. The van der Waals surface area contributed by atoms with Gasteiger partial charge in [0.15, 0.2) is 0 Å². The van der Waals surface area contributed by atoms with Crippen LogP contribution in [0, 0.1) is 28.6 Å². The van der Waals surface area contributed by atoms with Gasteiger partial charge in [-0.05, 0) is 74.7 Å². The molecule has 1 aromatic rings. The van der Waals surface area contributed by atoms with Crippen molar-refractivity contribution in [3.05, 3.63) is 35.9 Å². The molecule has 7 rings (SSSR count). The number of ether oxygens (including phenoxy) is 2. The van der Waals surface area contributed by atoms with Gasteiger partial charge in [0.25, 0.3) is 0 Å². The second-order valence-corrected chi connectivity index (χ2v) is 12.6. The number of nitrogens with zero attached hydrogens (tertiary/aromatic N) is 2. The Kier molecular flexibility index (Phi) is 4.46. The molecule has 6 fully saturated rings. The van der Waals surface area contributed by atoms with E-state index in [1.54, 1.807) is 6.92 Å². The SMILES string of the molecule is CC(=O)O[C@H]1CC[C@H]2[C@@H]3CC[C@@]45O[C@@H]4/C(=N\N4CC4c4ccccc4)CC[C@]5(C)[C@H]3CC[C@]12C. The van der Waals surface area contributed by atoms with Crippen molar-refractivity contribution in [2.45, 2.75) is 96.0 Å². The average molecular weight is 463 g/mol. The molecular weight excluding hydrogens is 424 g/mol. The molecule has 0 radical (unpaired) electrons. The highest BCUT2D eigenvalue weighted by Crippen LogP contribution is 2.72. The summed E-state index contributed by atoms with van der Waals surface area (Å²) in [6.45, 7) is 7.56. The van der Waals surface area contributed by atoms with Gasteiger partial charge < -0.3 is 9.47 Å². The van der Waals surface area contributed by atoms with Gasteiger partial charge in [-0.25, -0.2) is 0 Å². The summed E-state index contributed by atoms with van der Waals surface area (Å²) in [4.78, 5) is 11.7. The topological polar surface area (TPSA) is 54.2 Å².